The van der Waals surface area contributed by atoms with Crippen molar-refractivity contribution in [2.24, 2.45) is 0 Å². The van der Waals surface area contributed by atoms with Crippen molar-refractivity contribution >= 4 is 28.8 Å². The van der Waals surface area contributed by atoms with Gasteiger partial charge in [-0.3, -0.25) is 0 Å². The van der Waals surface area contributed by atoms with Crippen molar-refractivity contribution in [2.45, 2.75) is 25.5 Å². The quantitative estimate of drug-likeness (QED) is 0.895. The van der Waals surface area contributed by atoms with Crippen LogP contribution >= 0.6 is 0 Å². The second-order valence-electron chi connectivity index (χ2n) is 7.01. The number of ether oxygens (including phenoxy) is 1. The number of hydrogen-bond acceptors (Lipinski definition) is 5. The molecule has 0 bridgehead atoms. The molecule has 1 N–H and O–H groups in total. The molecule has 9 heteroatoms. The third-order valence-electron chi connectivity index (χ3n) is 4.56. The first-order chi connectivity index (χ1) is 11.9. The number of urea groups is 1. The maximum Gasteiger partial charge on any atom is 0.410 e. The predicted octanol–water partition coefficient (Wildman–Crippen LogP) is 1.68. The molecule has 0 saturated carbocycles. The fraction of sp³-hybridized carbons (Fsp3) is 0.500. The van der Waals surface area contributed by atoms with Crippen molar-refractivity contribution < 1.29 is 14.3 Å². The van der Waals surface area contributed by atoms with Crippen LogP contribution in [0.15, 0.2) is 18.5 Å². The summed E-state index contributed by atoms with van der Waals surface area (Å²) in [6, 6.07) is 1.84. The zero-order valence-corrected chi connectivity index (χ0v) is 14.4. The number of hydrogen-bond donors (Lipinski definition) is 1. The molecule has 2 aliphatic rings. The van der Waals surface area contributed by atoms with Crippen LogP contribution in [0.4, 0.5) is 15.3 Å². The molecule has 0 unspecified atom stereocenters. The lowest BCUT2D eigenvalue weighted by atomic mass is 9.95. The fourth-order valence-electron chi connectivity index (χ4n) is 3.34. The number of nitrogens with zero attached hydrogens (tertiary/aromatic N) is 5. The van der Waals surface area contributed by atoms with Crippen LogP contribution in [0.3, 0.4) is 0 Å². The number of likely N-dealkylation sites (tertiary alicyclic amines) is 1. The van der Waals surface area contributed by atoms with Gasteiger partial charge in [0.15, 0.2) is 11.2 Å². The SMILES string of the molecule is CC(C)n1ncc2cc(NC(=O)N3CC4(CN(C)C(=O)O4)C3)cnc21. The van der Waals surface area contributed by atoms with E-state index in [0.29, 0.717) is 25.3 Å². The van der Waals surface area contributed by atoms with Crippen LogP contribution in [0.1, 0.15) is 19.9 Å². The summed E-state index contributed by atoms with van der Waals surface area (Å²) in [7, 11) is 1.69. The number of amides is 3. The van der Waals surface area contributed by atoms with Gasteiger partial charge in [-0.15, -0.1) is 0 Å². The molecular formula is C16H20N6O3. The van der Waals surface area contributed by atoms with E-state index in [1.54, 1.807) is 24.3 Å². The minimum absolute atomic E-state index is 0.218. The monoisotopic (exact) mass is 344 g/mol. The minimum atomic E-state index is -0.552. The summed E-state index contributed by atoms with van der Waals surface area (Å²) in [5.74, 6) is 0. The van der Waals surface area contributed by atoms with Gasteiger partial charge < -0.3 is 19.9 Å². The first-order valence-corrected chi connectivity index (χ1v) is 8.20. The van der Waals surface area contributed by atoms with Gasteiger partial charge in [0.25, 0.3) is 0 Å². The Kier molecular flexibility index (Phi) is 3.34. The van der Waals surface area contributed by atoms with E-state index >= 15 is 0 Å². The van der Waals surface area contributed by atoms with E-state index in [1.165, 1.54) is 4.90 Å². The molecule has 3 amide bonds. The first-order valence-electron chi connectivity index (χ1n) is 8.20. The summed E-state index contributed by atoms with van der Waals surface area (Å²) in [5, 5.41) is 8.03. The van der Waals surface area contributed by atoms with Gasteiger partial charge in [0.1, 0.15) is 0 Å². The second-order valence-corrected chi connectivity index (χ2v) is 7.01. The molecule has 2 fully saturated rings. The van der Waals surface area contributed by atoms with Crippen LogP contribution in [0.2, 0.25) is 0 Å². The van der Waals surface area contributed by atoms with Gasteiger partial charge in [-0.2, -0.15) is 5.10 Å². The Labute approximate surface area is 144 Å². The summed E-state index contributed by atoms with van der Waals surface area (Å²) >= 11 is 0. The van der Waals surface area contributed by atoms with E-state index in [2.05, 4.69) is 15.4 Å². The van der Waals surface area contributed by atoms with Gasteiger partial charge in [0.2, 0.25) is 0 Å². The lowest BCUT2D eigenvalue weighted by molar-refractivity contribution is -0.0488. The molecule has 4 rings (SSSR count). The summed E-state index contributed by atoms with van der Waals surface area (Å²) in [5.41, 5.74) is 0.850. The molecule has 1 spiro atoms. The summed E-state index contributed by atoms with van der Waals surface area (Å²) in [6.45, 7) is 5.39. The largest absolute Gasteiger partial charge is 0.437 e. The standard InChI is InChI=1S/C16H20N6O3/c1-10(2)22-13-11(5-18-22)4-12(6-17-13)19-14(23)21-8-16(9-21)7-20(3)15(24)25-16/h4-6,10H,7-9H2,1-3H3,(H,19,23). The molecule has 25 heavy (non-hydrogen) atoms. The minimum Gasteiger partial charge on any atom is -0.437 e. The molecule has 2 aromatic heterocycles. The zero-order valence-electron chi connectivity index (χ0n) is 14.4. The van der Waals surface area contributed by atoms with Crippen molar-refractivity contribution in [3.63, 3.8) is 0 Å². The van der Waals surface area contributed by atoms with E-state index in [0.717, 1.165) is 11.0 Å². The normalized spacial score (nSPS) is 18.8. The van der Waals surface area contributed by atoms with Crippen molar-refractivity contribution in [3.8, 4) is 0 Å². The van der Waals surface area contributed by atoms with Gasteiger partial charge >= 0.3 is 12.1 Å². The zero-order chi connectivity index (χ0) is 17.8. The lowest BCUT2D eigenvalue weighted by Gasteiger charge is -2.45. The molecule has 2 aliphatic heterocycles. The topological polar surface area (TPSA) is 92.6 Å². The van der Waals surface area contributed by atoms with Crippen LogP contribution in [0, 0.1) is 0 Å². The van der Waals surface area contributed by atoms with Crippen molar-refractivity contribution in [2.75, 3.05) is 32.0 Å². The number of rotatable bonds is 2. The van der Waals surface area contributed by atoms with Gasteiger partial charge in [0.05, 0.1) is 37.7 Å². The molecule has 0 aliphatic carbocycles. The Morgan fingerprint density at radius 2 is 2.08 bits per heavy atom. The van der Waals surface area contributed by atoms with E-state index in [4.69, 9.17) is 4.74 Å². The molecule has 0 atom stereocenters. The number of nitrogens with one attached hydrogen (secondary N) is 1. The van der Waals surface area contributed by atoms with Crippen molar-refractivity contribution in [3.05, 3.63) is 18.5 Å². The Bertz CT molecular complexity index is 855. The maximum atomic E-state index is 12.4. The Morgan fingerprint density at radius 3 is 2.72 bits per heavy atom. The van der Waals surface area contributed by atoms with E-state index in [1.807, 2.05) is 24.6 Å². The van der Waals surface area contributed by atoms with Crippen molar-refractivity contribution in [1.82, 2.24) is 24.6 Å². The average Bonchev–Trinajstić information content (AvgIpc) is 3.07. The highest BCUT2D eigenvalue weighted by Gasteiger charge is 2.54. The Hall–Kier alpha value is -2.84. The number of likely N-dealkylation sites (N-methyl/N-ethyl adjacent to an activating group) is 1. The number of carbonyl (C=O) groups excluding carboxylic acids is 2. The molecule has 4 heterocycles. The lowest BCUT2D eigenvalue weighted by Crippen LogP contribution is -2.66. The average molecular weight is 344 g/mol. The highest BCUT2D eigenvalue weighted by molar-refractivity contribution is 5.92. The third kappa shape index (κ3) is 2.55. The highest BCUT2D eigenvalue weighted by Crippen LogP contribution is 2.32. The second kappa shape index (κ2) is 5.33. The molecule has 2 aromatic rings. The summed E-state index contributed by atoms with van der Waals surface area (Å²) in [6.07, 6.45) is 3.03. The molecule has 2 saturated heterocycles. The smallest absolute Gasteiger partial charge is 0.410 e. The molecule has 0 radical (unpaired) electrons. The van der Waals surface area contributed by atoms with Crippen LogP contribution < -0.4 is 5.32 Å². The molecule has 132 valence electrons. The Balaban J connectivity index is 1.42. The van der Waals surface area contributed by atoms with Crippen LogP contribution in [-0.4, -0.2) is 69.0 Å². The van der Waals surface area contributed by atoms with Gasteiger partial charge in [-0.05, 0) is 19.9 Å². The number of aromatic nitrogens is 3. The van der Waals surface area contributed by atoms with Gasteiger partial charge in [-0.25, -0.2) is 19.3 Å². The molecular weight excluding hydrogens is 324 g/mol. The first kappa shape index (κ1) is 15.7. The van der Waals surface area contributed by atoms with E-state index in [-0.39, 0.29) is 18.2 Å². The van der Waals surface area contributed by atoms with Gasteiger partial charge in [0, 0.05) is 18.5 Å². The van der Waals surface area contributed by atoms with Gasteiger partial charge in [-0.1, -0.05) is 0 Å². The molecule has 0 aromatic carbocycles. The number of fused-ring (bicyclic) bond motifs is 1. The van der Waals surface area contributed by atoms with Crippen LogP contribution in [0.5, 0.6) is 0 Å². The van der Waals surface area contributed by atoms with Crippen molar-refractivity contribution in [1.29, 1.82) is 0 Å². The third-order valence-corrected chi connectivity index (χ3v) is 4.56. The summed E-state index contributed by atoms with van der Waals surface area (Å²) < 4.78 is 7.19. The predicted molar refractivity (Wildman–Crippen MR) is 90.3 cm³/mol. The number of pyridine rings is 1. The van der Waals surface area contributed by atoms with E-state index in [9.17, 15) is 9.59 Å². The number of anilines is 1. The Morgan fingerprint density at radius 1 is 1.32 bits per heavy atom. The van der Waals surface area contributed by atoms with Crippen LogP contribution in [-0.2, 0) is 4.74 Å². The number of carbonyl (C=O) groups is 2. The maximum absolute atomic E-state index is 12.4. The molecule has 9 nitrogen and oxygen atoms in total. The van der Waals surface area contributed by atoms with Crippen LogP contribution in [0.25, 0.3) is 11.0 Å². The summed E-state index contributed by atoms with van der Waals surface area (Å²) in [4.78, 5) is 31.4. The highest BCUT2D eigenvalue weighted by atomic mass is 16.6. The fourth-order valence-corrected chi connectivity index (χ4v) is 3.34. The van der Waals surface area contributed by atoms with E-state index < -0.39 is 5.60 Å².